The Kier molecular flexibility index (Phi) is 5.79. The highest BCUT2D eigenvalue weighted by Crippen LogP contribution is 2.19. The van der Waals surface area contributed by atoms with Crippen molar-refractivity contribution in [2.75, 3.05) is 46.2 Å². The average Bonchev–Trinajstić information content (AvgIpc) is 3.45. The fourth-order valence-corrected chi connectivity index (χ4v) is 1.84. The first-order valence-electron chi connectivity index (χ1n) is 8.46. The van der Waals surface area contributed by atoms with E-state index in [1.807, 2.05) is 6.92 Å². The van der Waals surface area contributed by atoms with Gasteiger partial charge in [-0.25, -0.2) is 4.89 Å². The highest BCUT2D eigenvalue weighted by molar-refractivity contribution is 5.90. The molecule has 0 aromatic rings. The van der Waals surface area contributed by atoms with E-state index in [4.69, 9.17) is 43.3 Å². The maximum Gasteiger partial charge on any atom is 0.357 e. The molecule has 3 fully saturated rings. The van der Waals surface area contributed by atoms with Crippen molar-refractivity contribution in [3.8, 4) is 0 Å². The Bertz CT molecular complexity index is 534. The van der Waals surface area contributed by atoms with Gasteiger partial charge in [-0.3, -0.25) is 9.73 Å². The molecule has 4 aliphatic rings. The summed E-state index contributed by atoms with van der Waals surface area (Å²) in [4.78, 5) is 34.6. The standard InChI is InChI=1S/C14H21N3O9/c1-2-18-13-15-12(25-23-7-10-4-20-10)16-14(26-24-8-11-5-21-11)17(13)22-6-9-3-19-9/h9-11,14H,2-8H2,1H3. The van der Waals surface area contributed by atoms with Gasteiger partial charge in [-0.2, -0.15) is 19.8 Å². The number of hydroxylamine groups is 2. The third-order valence-corrected chi connectivity index (χ3v) is 3.48. The van der Waals surface area contributed by atoms with Gasteiger partial charge in [0, 0.05) is 0 Å². The molecule has 0 radical (unpaired) electrons. The van der Waals surface area contributed by atoms with Crippen molar-refractivity contribution >= 4 is 12.0 Å². The van der Waals surface area contributed by atoms with Crippen LogP contribution in [-0.4, -0.2) is 88.0 Å². The summed E-state index contributed by atoms with van der Waals surface area (Å²) in [5, 5.41) is 1.26. The number of hydrogen-bond acceptors (Lipinski definition) is 12. The number of hydrogen-bond donors (Lipinski definition) is 0. The van der Waals surface area contributed by atoms with Crippen molar-refractivity contribution < 1.29 is 43.3 Å². The van der Waals surface area contributed by atoms with Gasteiger partial charge in [0.1, 0.15) is 38.1 Å². The molecule has 4 unspecified atom stereocenters. The largest absolute Gasteiger partial charge is 0.464 e. The van der Waals surface area contributed by atoms with Gasteiger partial charge in [-0.15, -0.1) is 4.99 Å². The highest BCUT2D eigenvalue weighted by Gasteiger charge is 2.36. The predicted octanol–water partition coefficient (Wildman–Crippen LogP) is -0.641. The maximum absolute atomic E-state index is 5.65. The quantitative estimate of drug-likeness (QED) is 0.262. The number of amidine groups is 2. The van der Waals surface area contributed by atoms with Crippen molar-refractivity contribution in [2.45, 2.75) is 31.6 Å². The Balaban J connectivity index is 1.37. The minimum atomic E-state index is -1.03. The summed E-state index contributed by atoms with van der Waals surface area (Å²) in [5.74, 6) is 0. The van der Waals surface area contributed by atoms with Crippen LogP contribution < -0.4 is 0 Å². The molecule has 0 aliphatic carbocycles. The van der Waals surface area contributed by atoms with E-state index in [1.165, 1.54) is 5.06 Å². The molecule has 12 nitrogen and oxygen atoms in total. The van der Waals surface area contributed by atoms with Crippen LogP contribution in [0.3, 0.4) is 0 Å². The molecule has 0 saturated carbocycles. The summed E-state index contributed by atoms with van der Waals surface area (Å²) < 4.78 is 20.7. The minimum absolute atomic E-state index is 0.0304. The zero-order valence-corrected chi connectivity index (χ0v) is 14.3. The van der Waals surface area contributed by atoms with E-state index >= 15 is 0 Å². The van der Waals surface area contributed by atoms with Crippen molar-refractivity contribution in [3.05, 3.63) is 0 Å². The van der Waals surface area contributed by atoms with E-state index in [9.17, 15) is 0 Å². The van der Waals surface area contributed by atoms with Crippen LogP contribution >= 0.6 is 0 Å². The molecule has 0 N–H and O–H groups in total. The first-order valence-corrected chi connectivity index (χ1v) is 8.46. The van der Waals surface area contributed by atoms with Gasteiger partial charge >= 0.3 is 12.0 Å². The first kappa shape index (κ1) is 17.9. The van der Waals surface area contributed by atoms with Crippen LogP contribution in [0.2, 0.25) is 0 Å². The van der Waals surface area contributed by atoms with Crippen LogP contribution in [0.5, 0.6) is 0 Å². The molecule has 146 valence electrons. The molecule has 4 atom stereocenters. The second-order valence-corrected chi connectivity index (χ2v) is 5.80. The Labute approximate surface area is 149 Å². The number of rotatable bonds is 11. The zero-order valence-electron chi connectivity index (χ0n) is 14.3. The van der Waals surface area contributed by atoms with Crippen molar-refractivity contribution in [1.29, 1.82) is 0 Å². The Morgan fingerprint density at radius 3 is 2.31 bits per heavy atom. The fraction of sp³-hybridized carbons (Fsp3) is 0.857. The predicted molar refractivity (Wildman–Crippen MR) is 81.4 cm³/mol. The molecular formula is C14H21N3O9. The SMILES string of the molecule is CCOC1=NC(OOCC2CO2)=NC(OOCC2CO2)N1OCC1CO1. The van der Waals surface area contributed by atoms with E-state index in [2.05, 4.69) is 9.98 Å². The lowest BCUT2D eigenvalue weighted by atomic mass is 10.5. The summed E-state index contributed by atoms with van der Waals surface area (Å²) in [6.07, 6.45) is -0.915. The van der Waals surface area contributed by atoms with Crippen LogP contribution in [0.15, 0.2) is 9.98 Å². The van der Waals surface area contributed by atoms with Crippen LogP contribution in [-0.2, 0) is 43.3 Å². The molecule has 0 amide bonds. The van der Waals surface area contributed by atoms with Gasteiger partial charge in [0.2, 0.25) is 0 Å². The zero-order chi connectivity index (χ0) is 17.8. The summed E-state index contributed by atoms with van der Waals surface area (Å²) in [5.41, 5.74) is 0. The van der Waals surface area contributed by atoms with Crippen LogP contribution in [0.1, 0.15) is 6.92 Å². The summed E-state index contributed by atoms with van der Waals surface area (Å²) in [6.45, 7) is 4.96. The van der Waals surface area contributed by atoms with E-state index < -0.39 is 6.35 Å². The number of aliphatic imine (C=N–C) groups is 2. The molecule has 3 saturated heterocycles. The van der Waals surface area contributed by atoms with Crippen LogP contribution in [0, 0.1) is 0 Å². The molecule has 0 aromatic heterocycles. The normalized spacial score (nSPS) is 32.0. The first-order chi connectivity index (χ1) is 12.8. The Hall–Kier alpha value is -1.54. The van der Waals surface area contributed by atoms with Gasteiger partial charge in [-0.1, -0.05) is 0 Å². The molecule has 26 heavy (non-hydrogen) atoms. The third kappa shape index (κ3) is 5.48. The van der Waals surface area contributed by atoms with Gasteiger partial charge in [-0.05, 0) is 6.92 Å². The third-order valence-electron chi connectivity index (χ3n) is 3.48. The lowest BCUT2D eigenvalue weighted by Crippen LogP contribution is -2.46. The Morgan fingerprint density at radius 2 is 1.65 bits per heavy atom. The average molecular weight is 375 g/mol. The van der Waals surface area contributed by atoms with E-state index in [-0.39, 0.29) is 43.6 Å². The maximum atomic E-state index is 5.65. The van der Waals surface area contributed by atoms with Gasteiger partial charge in [0.05, 0.1) is 26.4 Å². The summed E-state index contributed by atoms with van der Waals surface area (Å²) >= 11 is 0. The lowest BCUT2D eigenvalue weighted by molar-refractivity contribution is -0.381. The summed E-state index contributed by atoms with van der Waals surface area (Å²) in [6, 6.07) is 0.0357. The number of epoxide rings is 3. The number of ether oxygens (including phenoxy) is 4. The van der Waals surface area contributed by atoms with Crippen molar-refractivity contribution in [1.82, 2.24) is 5.06 Å². The molecule has 12 heteroatoms. The summed E-state index contributed by atoms with van der Waals surface area (Å²) in [7, 11) is 0. The minimum Gasteiger partial charge on any atom is -0.464 e. The molecule has 4 aliphatic heterocycles. The monoisotopic (exact) mass is 375 g/mol. The number of nitrogens with zero attached hydrogens (tertiary/aromatic N) is 3. The molecule has 0 spiro atoms. The van der Waals surface area contributed by atoms with Crippen molar-refractivity contribution in [2.24, 2.45) is 9.98 Å². The molecular weight excluding hydrogens is 354 g/mol. The molecule has 0 bridgehead atoms. The van der Waals surface area contributed by atoms with Crippen LogP contribution in [0.25, 0.3) is 0 Å². The van der Waals surface area contributed by atoms with E-state index in [1.54, 1.807) is 0 Å². The van der Waals surface area contributed by atoms with Crippen LogP contribution in [0.4, 0.5) is 0 Å². The van der Waals surface area contributed by atoms with E-state index in [0.717, 1.165) is 0 Å². The van der Waals surface area contributed by atoms with Gasteiger partial charge in [0.15, 0.2) is 0 Å². The second-order valence-electron chi connectivity index (χ2n) is 5.80. The topological polar surface area (TPSA) is 121 Å². The molecule has 4 heterocycles. The highest BCUT2D eigenvalue weighted by atomic mass is 17.2. The second kappa shape index (κ2) is 8.43. The van der Waals surface area contributed by atoms with Gasteiger partial charge in [0.25, 0.3) is 6.35 Å². The van der Waals surface area contributed by atoms with E-state index in [0.29, 0.717) is 33.0 Å². The smallest absolute Gasteiger partial charge is 0.357 e. The molecule has 0 aromatic carbocycles. The van der Waals surface area contributed by atoms with Crippen molar-refractivity contribution in [3.63, 3.8) is 0 Å². The van der Waals surface area contributed by atoms with Gasteiger partial charge < -0.3 is 18.9 Å². The fourth-order valence-electron chi connectivity index (χ4n) is 1.84. The molecule has 4 rings (SSSR count). The lowest BCUT2D eigenvalue weighted by Gasteiger charge is -2.30. The Morgan fingerprint density at radius 1 is 1.00 bits per heavy atom.